The molecule has 5 nitrogen and oxygen atoms in total. The fourth-order valence-corrected chi connectivity index (χ4v) is 4.82. The molecule has 7 heteroatoms. The lowest BCUT2D eigenvalue weighted by atomic mass is 9.93. The number of carbonyl (C=O) groups is 1. The Morgan fingerprint density at radius 3 is 2.31 bits per heavy atom. The normalized spacial score (nSPS) is 15.4. The largest absolute Gasteiger partial charge is 0.489 e. The van der Waals surface area contributed by atoms with E-state index >= 15 is 0 Å². The van der Waals surface area contributed by atoms with Crippen molar-refractivity contribution < 1.29 is 9.53 Å². The summed E-state index contributed by atoms with van der Waals surface area (Å²) >= 11 is 12.4. The molecule has 2 heterocycles. The summed E-state index contributed by atoms with van der Waals surface area (Å²) in [5.74, 6) is 0.662. The number of halogens is 2. The fourth-order valence-electron chi connectivity index (χ4n) is 4.51. The third-order valence-electron chi connectivity index (χ3n) is 6.16. The number of nitrogens with one attached hydrogen (secondary N) is 1. The lowest BCUT2D eigenvalue weighted by molar-refractivity contribution is 0.0546. The van der Waals surface area contributed by atoms with Gasteiger partial charge in [0, 0.05) is 32.3 Å². The summed E-state index contributed by atoms with van der Waals surface area (Å²) in [6.45, 7) is 6.50. The first-order valence-corrected chi connectivity index (χ1v) is 12.1. The fraction of sp³-hybridized carbons (Fsp3) is 0.214. The highest BCUT2D eigenvalue weighted by Crippen LogP contribution is 2.46. The van der Waals surface area contributed by atoms with E-state index in [9.17, 15) is 4.79 Å². The van der Waals surface area contributed by atoms with Crippen LogP contribution >= 0.6 is 23.2 Å². The molecular weight excluding hydrogens is 481 g/mol. The van der Waals surface area contributed by atoms with Crippen molar-refractivity contribution in [3.63, 3.8) is 0 Å². The van der Waals surface area contributed by atoms with Gasteiger partial charge in [-0.3, -0.25) is 9.89 Å². The van der Waals surface area contributed by atoms with Crippen molar-refractivity contribution in [3.8, 4) is 17.0 Å². The molecule has 35 heavy (non-hydrogen) atoms. The molecule has 1 amide bonds. The molecule has 0 saturated carbocycles. The standard InChI is InChI=1S/C28H25Cl2N3O2/c1-28(2,3)33-26(18-10-14-21(15-11-18)35-16-19-6-4-5-7-22(19)30)23-24(31-32-25(23)27(33)34)17-8-12-20(29)13-9-17/h4-15,26H,16H2,1-3H3,(H,31,32). The molecule has 1 aliphatic rings. The molecule has 1 N–H and O–H groups in total. The van der Waals surface area contributed by atoms with Crippen molar-refractivity contribution >= 4 is 29.1 Å². The van der Waals surface area contributed by atoms with E-state index in [1.54, 1.807) is 0 Å². The molecule has 0 spiro atoms. The Hall–Kier alpha value is -3.28. The first kappa shape index (κ1) is 23.5. The number of fused-ring (bicyclic) bond motifs is 1. The van der Waals surface area contributed by atoms with Crippen LogP contribution in [0.15, 0.2) is 72.8 Å². The van der Waals surface area contributed by atoms with E-state index in [0.29, 0.717) is 22.3 Å². The molecule has 0 radical (unpaired) electrons. The topological polar surface area (TPSA) is 58.2 Å². The maximum atomic E-state index is 13.5. The van der Waals surface area contributed by atoms with Gasteiger partial charge in [0.05, 0.1) is 11.7 Å². The van der Waals surface area contributed by atoms with Crippen LogP contribution in [0, 0.1) is 0 Å². The van der Waals surface area contributed by atoms with Crippen molar-refractivity contribution in [2.45, 2.75) is 39.0 Å². The Kier molecular flexibility index (Phi) is 6.07. The van der Waals surface area contributed by atoms with Crippen LogP contribution in [-0.4, -0.2) is 26.5 Å². The number of rotatable bonds is 5. The van der Waals surface area contributed by atoms with E-state index in [0.717, 1.165) is 33.7 Å². The van der Waals surface area contributed by atoms with E-state index in [4.69, 9.17) is 27.9 Å². The van der Waals surface area contributed by atoms with Crippen LogP contribution in [0.25, 0.3) is 11.3 Å². The number of amides is 1. The Morgan fingerprint density at radius 1 is 0.971 bits per heavy atom. The van der Waals surface area contributed by atoms with Gasteiger partial charge >= 0.3 is 0 Å². The van der Waals surface area contributed by atoms with Crippen molar-refractivity contribution in [2.75, 3.05) is 0 Å². The molecule has 178 valence electrons. The van der Waals surface area contributed by atoms with Gasteiger partial charge in [-0.1, -0.05) is 65.7 Å². The summed E-state index contributed by atoms with van der Waals surface area (Å²) < 4.78 is 5.97. The highest BCUT2D eigenvalue weighted by molar-refractivity contribution is 6.31. The van der Waals surface area contributed by atoms with Gasteiger partial charge in [0.1, 0.15) is 18.1 Å². The molecule has 1 aromatic heterocycles. The number of nitrogens with zero attached hydrogens (tertiary/aromatic N) is 2. The molecule has 5 rings (SSSR count). The smallest absolute Gasteiger partial charge is 0.273 e. The molecule has 4 aromatic rings. The quantitative estimate of drug-likeness (QED) is 0.309. The van der Waals surface area contributed by atoms with Gasteiger partial charge in [-0.15, -0.1) is 0 Å². The van der Waals surface area contributed by atoms with Crippen LogP contribution in [0.4, 0.5) is 0 Å². The summed E-state index contributed by atoms with van der Waals surface area (Å²) in [5, 5.41) is 8.84. The first-order valence-electron chi connectivity index (χ1n) is 11.4. The van der Waals surface area contributed by atoms with Gasteiger partial charge in [-0.25, -0.2) is 0 Å². The van der Waals surface area contributed by atoms with Crippen LogP contribution < -0.4 is 4.74 Å². The third-order valence-corrected chi connectivity index (χ3v) is 6.78. The third kappa shape index (κ3) is 4.42. The van der Waals surface area contributed by atoms with E-state index in [1.165, 1.54) is 0 Å². The van der Waals surface area contributed by atoms with Crippen molar-refractivity contribution in [3.05, 3.63) is 105 Å². The molecule has 0 saturated heterocycles. The van der Waals surface area contributed by atoms with Gasteiger partial charge in [0.15, 0.2) is 0 Å². The number of H-pyrrole nitrogens is 1. The minimum atomic E-state index is -0.405. The van der Waals surface area contributed by atoms with Gasteiger partial charge in [-0.05, 0) is 56.7 Å². The predicted octanol–water partition coefficient (Wildman–Crippen LogP) is 7.31. The maximum absolute atomic E-state index is 13.5. The highest BCUT2D eigenvalue weighted by atomic mass is 35.5. The molecule has 1 atom stereocenters. The molecule has 0 fully saturated rings. The van der Waals surface area contributed by atoms with Gasteiger partial charge < -0.3 is 9.64 Å². The van der Waals surface area contributed by atoms with Crippen LogP contribution in [0.1, 0.15) is 54.0 Å². The first-order chi connectivity index (χ1) is 16.7. The highest BCUT2D eigenvalue weighted by Gasteiger charge is 2.46. The number of ether oxygens (including phenoxy) is 1. The Balaban J connectivity index is 1.50. The zero-order chi connectivity index (χ0) is 24.7. The monoisotopic (exact) mass is 505 g/mol. The second kappa shape index (κ2) is 9.06. The molecule has 3 aromatic carbocycles. The Morgan fingerprint density at radius 2 is 1.66 bits per heavy atom. The molecular formula is C28H25Cl2N3O2. The Labute approximate surface area is 214 Å². The number of hydrogen-bond donors (Lipinski definition) is 1. The van der Waals surface area contributed by atoms with Crippen molar-refractivity contribution in [1.29, 1.82) is 0 Å². The lowest BCUT2D eigenvalue weighted by Gasteiger charge is -2.37. The molecule has 0 aliphatic carbocycles. The van der Waals surface area contributed by atoms with Gasteiger partial charge in [-0.2, -0.15) is 5.10 Å². The predicted molar refractivity (Wildman–Crippen MR) is 139 cm³/mol. The second-order valence-corrected chi connectivity index (χ2v) is 10.4. The molecule has 0 bridgehead atoms. The number of carbonyl (C=O) groups excluding carboxylic acids is 1. The average Bonchev–Trinajstić information content (AvgIpc) is 3.38. The van der Waals surface area contributed by atoms with E-state index < -0.39 is 5.54 Å². The summed E-state index contributed by atoms with van der Waals surface area (Å²) in [7, 11) is 0. The maximum Gasteiger partial charge on any atom is 0.273 e. The SMILES string of the molecule is CC(C)(C)N1C(=O)c2[nH]nc(-c3ccc(Cl)cc3)c2C1c1ccc(OCc2ccccc2Cl)cc1. The number of hydrogen-bond acceptors (Lipinski definition) is 3. The summed E-state index contributed by atoms with van der Waals surface area (Å²) in [4.78, 5) is 15.4. The summed E-state index contributed by atoms with van der Waals surface area (Å²) in [6, 6.07) is 22.7. The van der Waals surface area contributed by atoms with Crippen molar-refractivity contribution in [2.24, 2.45) is 0 Å². The zero-order valence-electron chi connectivity index (χ0n) is 19.7. The molecule has 1 aliphatic heterocycles. The molecule has 1 unspecified atom stereocenters. The second-order valence-electron chi connectivity index (χ2n) is 9.57. The van der Waals surface area contributed by atoms with Crippen LogP contribution in [0.5, 0.6) is 5.75 Å². The number of aromatic amines is 1. The van der Waals surface area contributed by atoms with Gasteiger partial charge in [0.25, 0.3) is 5.91 Å². The summed E-state index contributed by atoms with van der Waals surface area (Å²) in [5.41, 5.74) is 4.55. The zero-order valence-corrected chi connectivity index (χ0v) is 21.2. The van der Waals surface area contributed by atoms with Gasteiger partial charge in [0.2, 0.25) is 0 Å². The average molecular weight is 506 g/mol. The lowest BCUT2D eigenvalue weighted by Crippen LogP contribution is -2.44. The van der Waals surface area contributed by atoms with E-state index in [1.807, 2.05) is 98.5 Å². The van der Waals surface area contributed by atoms with Crippen LogP contribution in [0.2, 0.25) is 10.0 Å². The minimum absolute atomic E-state index is 0.0655. The minimum Gasteiger partial charge on any atom is -0.489 e. The van der Waals surface area contributed by atoms with E-state index in [-0.39, 0.29) is 11.9 Å². The van der Waals surface area contributed by atoms with Crippen LogP contribution in [-0.2, 0) is 6.61 Å². The van der Waals surface area contributed by atoms with Crippen molar-refractivity contribution in [1.82, 2.24) is 15.1 Å². The number of aromatic nitrogens is 2. The summed E-state index contributed by atoms with van der Waals surface area (Å²) in [6.07, 6.45) is 0. The number of benzene rings is 3. The Bertz CT molecular complexity index is 1370. The van der Waals surface area contributed by atoms with E-state index in [2.05, 4.69) is 10.2 Å². The van der Waals surface area contributed by atoms with Crippen LogP contribution in [0.3, 0.4) is 0 Å².